The zero-order chi connectivity index (χ0) is 20.5. The molecule has 4 rings (SSSR count). The van der Waals surface area contributed by atoms with Gasteiger partial charge in [0.2, 0.25) is 0 Å². The van der Waals surface area contributed by atoms with E-state index in [9.17, 15) is 5.11 Å². The number of rotatable bonds is 6. The number of anilines is 1. The first-order valence-corrected chi connectivity index (χ1v) is 9.66. The highest BCUT2D eigenvalue weighted by atomic mass is 16.5. The Morgan fingerprint density at radius 3 is 2.62 bits per heavy atom. The molecule has 2 aromatic carbocycles. The molecule has 0 bridgehead atoms. The Labute approximate surface area is 169 Å². The van der Waals surface area contributed by atoms with Gasteiger partial charge in [-0.2, -0.15) is 0 Å². The Kier molecular flexibility index (Phi) is 4.88. The summed E-state index contributed by atoms with van der Waals surface area (Å²) in [5.74, 6) is 2.06. The minimum absolute atomic E-state index is 0.109. The van der Waals surface area contributed by atoms with Gasteiger partial charge in [-0.3, -0.25) is 5.41 Å². The normalized spacial score (nSPS) is 14.2. The van der Waals surface area contributed by atoms with Crippen LogP contribution in [0.5, 0.6) is 11.5 Å². The molecule has 0 aliphatic carbocycles. The van der Waals surface area contributed by atoms with Crippen molar-refractivity contribution >= 4 is 28.1 Å². The highest BCUT2D eigenvalue weighted by Crippen LogP contribution is 2.36. The molecular weight excluding hydrogens is 368 g/mol. The number of nitrogens with one attached hydrogen (secondary N) is 2. The molecule has 0 unspecified atom stereocenters. The fourth-order valence-corrected chi connectivity index (χ4v) is 3.50. The van der Waals surface area contributed by atoms with Gasteiger partial charge in [0, 0.05) is 11.8 Å². The Balaban J connectivity index is 1.67. The molecular formula is C22H24N4O3. The monoisotopic (exact) mass is 392 g/mol. The third-order valence-corrected chi connectivity index (χ3v) is 4.82. The first-order valence-electron chi connectivity index (χ1n) is 9.66. The van der Waals surface area contributed by atoms with Crippen LogP contribution >= 0.6 is 0 Å². The van der Waals surface area contributed by atoms with E-state index in [2.05, 4.69) is 9.97 Å². The van der Waals surface area contributed by atoms with Crippen LogP contribution in [0.2, 0.25) is 0 Å². The van der Waals surface area contributed by atoms with Crippen molar-refractivity contribution in [3.05, 3.63) is 53.5 Å². The number of imidazole rings is 1. The van der Waals surface area contributed by atoms with Crippen LogP contribution in [-0.4, -0.2) is 40.7 Å². The van der Waals surface area contributed by atoms with E-state index < -0.39 is 0 Å². The average molecular weight is 392 g/mol. The van der Waals surface area contributed by atoms with Crippen molar-refractivity contribution in [2.24, 2.45) is 0 Å². The molecule has 0 fully saturated rings. The molecule has 150 valence electrons. The van der Waals surface area contributed by atoms with Gasteiger partial charge in [-0.15, -0.1) is 0 Å². The van der Waals surface area contributed by atoms with Gasteiger partial charge in [0.15, 0.2) is 11.5 Å². The number of amidine groups is 1. The summed E-state index contributed by atoms with van der Waals surface area (Å²) < 4.78 is 11.3. The van der Waals surface area contributed by atoms with Gasteiger partial charge < -0.3 is 24.5 Å². The predicted molar refractivity (Wildman–Crippen MR) is 114 cm³/mol. The molecule has 1 aliphatic rings. The molecule has 2 heterocycles. The second-order valence-electron chi connectivity index (χ2n) is 6.86. The van der Waals surface area contributed by atoms with E-state index in [-0.39, 0.29) is 18.1 Å². The molecule has 3 N–H and O–H groups in total. The van der Waals surface area contributed by atoms with Crippen molar-refractivity contribution in [3.63, 3.8) is 0 Å². The summed E-state index contributed by atoms with van der Waals surface area (Å²) in [5, 5.41) is 19.3. The van der Waals surface area contributed by atoms with Gasteiger partial charge in [-0.25, -0.2) is 4.98 Å². The molecule has 29 heavy (non-hydrogen) atoms. The number of hydrogen-bond acceptors (Lipinski definition) is 5. The topological polar surface area (TPSA) is 94.5 Å². The summed E-state index contributed by atoms with van der Waals surface area (Å²) in [4.78, 5) is 9.52. The highest BCUT2D eigenvalue weighted by Gasteiger charge is 2.31. The Hall–Kier alpha value is -3.48. The molecule has 7 heteroatoms. The second-order valence-corrected chi connectivity index (χ2v) is 6.86. The number of aryl methyl sites for hydroxylation is 1. The van der Waals surface area contributed by atoms with E-state index in [1.165, 1.54) is 0 Å². The average Bonchev–Trinajstić information content (AvgIpc) is 3.23. The van der Waals surface area contributed by atoms with E-state index in [1.54, 1.807) is 4.90 Å². The van der Waals surface area contributed by atoms with Crippen LogP contribution in [0.3, 0.4) is 0 Å². The van der Waals surface area contributed by atoms with Gasteiger partial charge in [0.1, 0.15) is 17.4 Å². The third-order valence-electron chi connectivity index (χ3n) is 4.82. The summed E-state index contributed by atoms with van der Waals surface area (Å²) in [5.41, 5.74) is 3.95. The second kappa shape index (κ2) is 7.50. The number of aromatic amines is 1. The summed E-state index contributed by atoms with van der Waals surface area (Å²) in [7, 11) is 0. The molecule has 1 aromatic heterocycles. The van der Waals surface area contributed by atoms with Crippen LogP contribution in [0.1, 0.15) is 25.2 Å². The molecule has 0 spiro atoms. The van der Waals surface area contributed by atoms with Crippen molar-refractivity contribution in [2.75, 3.05) is 24.7 Å². The van der Waals surface area contributed by atoms with Crippen LogP contribution in [0, 0.1) is 12.3 Å². The van der Waals surface area contributed by atoms with Crippen LogP contribution in [0.25, 0.3) is 16.6 Å². The van der Waals surface area contributed by atoms with E-state index in [0.717, 1.165) is 22.3 Å². The van der Waals surface area contributed by atoms with Gasteiger partial charge >= 0.3 is 0 Å². The first kappa shape index (κ1) is 18.9. The maximum atomic E-state index is 10.6. The fourth-order valence-electron chi connectivity index (χ4n) is 3.50. The lowest BCUT2D eigenvalue weighted by Gasteiger charge is -2.20. The Bertz CT molecular complexity index is 1120. The van der Waals surface area contributed by atoms with E-state index >= 15 is 0 Å². The van der Waals surface area contributed by atoms with Crippen LogP contribution in [-0.2, 0) is 0 Å². The van der Waals surface area contributed by atoms with Gasteiger partial charge in [-0.1, -0.05) is 6.07 Å². The number of aromatic nitrogens is 2. The zero-order valence-electron chi connectivity index (χ0n) is 16.7. The largest absolute Gasteiger partial charge is 0.509 e. The lowest BCUT2D eigenvalue weighted by Crippen LogP contribution is -2.26. The number of benzene rings is 2. The number of hydrogen-bond donors (Lipinski definition) is 3. The molecule has 0 saturated heterocycles. The minimum atomic E-state index is 0.109. The number of H-pyrrole nitrogens is 1. The molecule has 7 nitrogen and oxygen atoms in total. The smallest absolute Gasteiger partial charge is 0.163 e. The lowest BCUT2D eigenvalue weighted by atomic mass is 10.2. The summed E-state index contributed by atoms with van der Waals surface area (Å²) in [6.45, 7) is 7.09. The number of aliphatic hydroxyl groups is 1. The molecule has 3 aromatic rings. The molecule has 0 radical (unpaired) electrons. The summed E-state index contributed by atoms with van der Waals surface area (Å²) in [6.07, 6.45) is 0. The third kappa shape index (κ3) is 3.40. The van der Waals surface area contributed by atoms with Crippen LogP contribution < -0.4 is 14.4 Å². The number of aliphatic hydroxyl groups excluding tert-OH is 1. The minimum Gasteiger partial charge on any atom is -0.509 e. The van der Waals surface area contributed by atoms with Crippen LogP contribution in [0.4, 0.5) is 5.69 Å². The summed E-state index contributed by atoms with van der Waals surface area (Å²) in [6, 6.07) is 11.4. The highest BCUT2D eigenvalue weighted by molar-refractivity contribution is 6.30. The maximum Gasteiger partial charge on any atom is 0.163 e. The maximum absolute atomic E-state index is 10.6. The Morgan fingerprint density at radius 1 is 1.10 bits per heavy atom. The van der Waals surface area contributed by atoms with E-state index in [1.807, 2.05) is 57.2 Å². The first-order chi connectivity index (χ1) is 14.0. The van der Waals surface area contributed by atoms with Crippen LogP contribution in [0.15, 0.2) is 42.2 Å². The molecule has 0 saturated carbocycles. The van der Waals surface area contributed by atoms with Crippen molar-refractivity contribution in [1.29, 1.82) is 5.41 Å². The molecule has 0 atom stereocenters. The Morgan fingerprint density at radius 2 is 1.86 bits per heavy atom. The predicted octanol–water partition coefficient (Wildman–Crippen LogP) is 4.44. The number of nitrogens with zero attached hydrogens (tertiary/aromatic N) is 2. The fraction of sp³-hybridized carbons (Fsp3) is 0.273. The SMILES string of the molecule is CCOc1ccc(N2CC(O)=C(c3nc4ccc(C)cc4[nH]3)C2=N)cc1OCC. The van der Waals surface area contributed by atoms with Crippen molar-refractivity contribution in [2.45, 2.75) is 20.8 Å². The standard InChI is InChI=1S/C22H24N4O3/c1-4-28-18-9-7-14(11-19(18)29-5-2)26-12-17(27)20(21(26)23)22-24-15-8-6-13(3)10-16(15)25-22/h6-11,23,27H,4-5,12H2,1-3H3,(H,24,25). The number of ether oxygens (including phenoxy) is 2. The molecule has 0 amide bonds. The van der Waals surface area contributed by atoms with Gasteiger partial charge in [0.05, 0.1) is 36.4 Å². The van der Waals surface area contributed by atoms with Gasteiger partial charge in [-0.05, 0) is 50.6 Å². The molecule has 1 aliphatic heterocycles. The lowest BCUT2D eigenvalue weighted by molar-refractivity contribution is 0.288. The van der Waals surface area contributed by atoms with Crippen molar-refractivity contribution < 1.29 is 14.6 Å². The quantitative estimate of drug-likeness (QED) is 0.577. The summed E-state index contributed by atoms with van der Waals surface area (Å²) >= 11 is 0. The van der Waals surface area contributed by atoms with Crippen molar-refractivity contribution in [3.8, 4) is 11.5 Å². The van der Waals surface area contributed by atoms with E-state index in [0.29, 0.717) is 36.1 Å². The van der Waals surface area contributed by atoms with E-state index in [4.69, 9.17) is 14.9 Å². The zero-order valence-corrected chi connectivity index (χ0v) is 16.7. The number of fused-ring (bicyclic) bond motifs is 1. The van der Waals surface area contributed by atoms with Gasteiger partial charge in [0.25, 0.3) is 0 Å². The van der Waals surface area contributed by atoms with Crippen molar-refractivity contribution in [1.82, 2.24) is 9.97 Å².